The van der Waals surface area contributed by atoms with Gasteiger partial charge in [0, 0.05) is 31.9 Å². The van der Waals surface area contributed by atoms with Crippen LogP contribution in [0.15, 0.2) is 48.5 Å². The lowest BCUT2D eigenvalue weighted by molar-refractivity contribution is 0.483. The van der Waals surface area contributed by atoms with Crippen LogP contribution in [0.3, 0.4) is 0 Å². The quantitative estimate of drug-likeness (QED) is 0.935. The van der Waals surface area contributed by atoms with E-state index in [4.69, 9.17) is 16.3 Å². The molecule has 0 radical (unpaired) electrons. The number of rotatable bonds is 3. The molecule has 1 aliphatic rings. The molecule has 20 heavy (non-hydrogen) atoms. The van der Waals surface area contributed by atoms with E-state index < -0.39 is 0 Å². The Morgan fingerprint density at radius 3 is 2.45 bits per heavy atom. The molecule has 0 atom stereocenters. The second-order valence-electron chi connectivity index (χ2n) is 4.77. The number of nitrogens with zero attached hydrogens (tertiary/aromatic N) is 1. The van der Waals surface area contributed by atoms with Gasteiger partial charge in [0.15, 0.2) is 0 Å². The third-order valence-corrected chi connectivity index (χ3v) is 3.66. The fourth-order valence-electron chi connectivity index (χ4n) is 2.31. The number of ether oxygens (including phenoxy) is 1. The normalized spacial score (nSPS) is 15.2. The summed E-state index contributed by atoms with van der Waals surface area (Å²) in [5.74, 6) is 1.49. The predicted octanol–water partition coefficient (Wildman–Crippen LogP) is 3.54. The van der Waals surface area contributed by atoms with E-state index in [1.165, 1.54) is 0 Å². The number of anilines is 1. The van der Waals surface area contributed by atoms with Crippen molar-refractivity contribution in [2.24, 2.45) is 0 Å². The van der Waals surface area contributed by atoms with Gasteiger partial charge in [-0.1, -0.05) is 29.8 Å². The zero-order chi connectivity index (χ0) is 13.8. The van der Waals surface area contributed by atoms with Crippen LogP contribution in [0.25, 0.3) is 0 Å². The molecule has 1 aliphatic heterocycles. The molecule has 1 fully saturated rings. The van der Waals surface area contributed by atoms with Crippen LogP contribution in [0.2, 0.25) is 5.02 Å². The summed E-state index contributed by atoms with van der Waals surface area (Å²) in [5, 5.41) is 3.99. The second kappa shape index (κ2) is 6.16. The molecule has 1 N–H and O–H groups in total. The van der Waals surface area contributed by atoms with Gasteiger partial charge < -0.3 is 15.0 Å². The first-order valence-corrected chi connectivity index (χ1v) is 7.19. The van der Waals surface area contributed by atoms with Crippen molar-refractivity contribution in [2.45, 2.75) is 0 Å². The molecular formula is C16H17ClN2O. The van der Waals surface area contributed by atoms with Crippen LogP contribution in [0.4, 0.5) is 5.69 Å². The van der Waals surface area contributed by atoms with E-state index in [2.05, 4.69) is 16.3 Å². The van der Waals surface area contributed by atoms with E-state index in [0.29, 0.717) is 10.8 Å². The van der Waals surface area contributed by atoms with Crippen molar-refractivity contribution in [3.63, 3.8) is 0 Å². The minimum Gasteiger partial charge on any atom is -0.456 e. The summed E-state index contributed by atoms with van der Waals surface area (Å²) < 4.78 is 5.79. The topological polar surface area (TPSA) is 24.5 Å². The van der Waals surface area contributed by atoms with Gasteiger partial charge in [0.1, 0.15) is 11.5 Å². The Bertz CT molecular complexity index is 568. The lowest BCUT2D eigenvalue weighted by Crippen LogP contribution is -2.43. The zero-order valence-corrected chi connectivity index (χ0v) is 11.9. The van der Waals surface area contributed by atoms with Gasteiger partial charge in [-0.2, -0.15) is 0 Å². The lowest BCUT2D eigenvalue weighted by atomic mass is 10.2. The van der Waals surface area contributed by atoms with Crippen molar-refractivity contribution in [1.29, 1.82) is 0 Å². The van der Waals surface area contributed by atoms with Gasteiger partial charge >= 0.3 is 0 Å². The summed E-state index contributed by atoms with van der Waals surface area (Å²) in [6.45, 7) is 4.05. The standard InChI is InChI=1S/C16H17ClN2O/c17-15-12-13(19-10-8-18-9-11-19)6-7-16(15)20-14-4-2-1-3-5-14/h1-7,12,18H,8-11H2. The van der Waals surface area contributed by atoms with E-state index in [-0.39, 0.29) is 0 Å². The molecule has 1 saturated heterocycles. The van der Waals surface area contributed by atoms with Crippen molar-refractivity contribution in [1.82, 2.24) is 5.32 Å². The fourth-order valence-corrected chi connectivity index (χ4v) is 2.52. The third-order valence-electron chi connectivity index (χ3n) is 3.37. The van der Waals surface area contributed by atoms with E-state index in [9.17, 15) is 0 Å². The first kappa shape index (κ1) is 13.3. The molecule has 1 heterocycles. The van der Waals surface area contributed by atoms with Gasteiger partial charge in [-0.25, -0.2) is 0 Å². The Kier molecular flexibility index (Phi) is 4.09. The van der Waals surface area contributed by atoms with E-state index >= 15 is 0 Å². The van der Waals surface area contributed by atoms with Gasteiger partial charge in [-0.15, -0.1) is 0 Å². The summed E-state index contributed by atoms with van der Waals surface area (Å²) in [5.41, 5.74) is 1.15. The highest BCUT2D eigenvalue weighted by Gasteiger charge is 2.12. The van der Waals surface area contributed by atoms with Gasteiger partial charge in [-0.05, 0) is 30.3 Å². The molecule has 3 nitrogen and oxygen atoms in total. The van der Waals surface area contributed by atoms with Crippen LogP contribution in [-0.2, 0) is 0 Å². The fraction of sp³-hybridized carbons (Fsp3) is 0.250. The smallest absolute Gasteiger partial charge is 0.146 e. The minimum absolute atomic E-state index is 0.643. The van der Waals surface area contributed by atoms with Crippen molar-refractivity contribution in [3.05, 3.63) is 53.6 Å². The van der Waals surface area contributed by atoms with E-state index in [0.717, 1.165) is 37.6 Å². The van der Waals surface area contributed by atoms with Gasteiger partial charge in [0.25, 0.3) is 0 Å². The summed E-state index contributed by atoms with van der Waals surface area (Å²) >= 11 is 6.33. The van der Waals surface area contributed by atoms with Gasteiger partial charge in [0.05, 0.1) is 5.02 Å². The summed E-state index contributed by atoms with van der Waals surface area (Å²) in [6, 6.07) is 15.7. The number of piperazine rings is 1. The Hall–Kier alpha value is -1.71. The van der Waals surface area contributed by atoms with Crippen LogP contribution in [0, 0.1) is 0 Å². The van der Waals surface area contributed by atoms with E-state index in [1.54, 1.807) is 0 Å². The van der Waals surface area contributed by atoms with Crippen molar-refractivity contribution >= 4 is 17.3 Å². The maximum Gasteiger partial charge on any atom is 0.146 e. The highest BCUT2D eigenvalue weighted by Crippen LogP contribution is 2.32. The van der Waals surface area contributed by atoms with Crippen LogP contribution in [-0.4, -0.2) is 26.2 Å². The highest BCUT2D eigenvalue weighted by atomic mass is 35.5. The SMILES string of the molecule is Clc1cc(N2CCNCC2)ccc1Oc1ccccc1. The van der Waals surface area contributed by atoms with Crippen molar-refractivity contribution in [3.8, 4) is 11.5 Å². The molecule has 2 aromatic rings. The van der Waals surface area contributed by atoms with Crippen LogP contribution in [0.1, 0.15) is 0 Å². The number of hydrogen-bond acceptors (Lipinski definition) is 3. The summed E-state index contributed by atoms with van der Waals surface area (Å²) in [7, 11) is 0. The Morgan fingerprint density at radius 2 is 1.75 bits per heavy atom. The number of nitrogens with one attached hydrogen (secondary N) is 1. The molecule has 0 aromatic heterocycles. The molecule has 4 heteroatoms. The number of hydrogen-bond donors (Lipinski definition) is 1. The lowest BCUT2D eigenvalue weighted by Gasteiger charge is -2.29. The Balaban J connectivity index is 1.77. The monoisotopic (exact) mass is 288 g/mol. The van der Waals surface area contributed by atoms with Crippen LogP contribution < -0.4 is 15.0 Å². The molecule has 0 bridgehead atoms. The Labute approximate surface area is 124 Å². The van der Waals surface area contributed by atoms with Crippen molar-refractivity contribution < 1.29 is 4.74 Å². The predicted molar refractivity (Wildman–Crippen MR) is 83.1 cm³/mol. The molecule has 0 amide bonds. The number of para-hydroxylation sites is 1. The maximum atomic E-state index is 6.33. The van der Waals surface area contributed by atoms with Crippen LogP contribution >= 0.6 is 11.6 Å². The molecule has 0 aliphatic carbocycles. The first-order valence-electron chi connectivity index (χ1n) is 6.81. The molecule has 2 aromatic carbocycles. The molecule has 0 unspecified atom stereocenters. The van der Waals surface area contributed by atoms with Crippen molar-refractivity contribution in [2.75, 3.05) is 31.1 Å². The average Bonchev–Trinajstić information content (AvgIpc) is 2.51. The van der Waals surface area contributed by atoms with Gasteiger partial charge in [0.2, 0.25) is 0 Å². The molecule has 104 valence electrons. The van der Waals surface area contributed by atoms with Gasteiger partial charge in [-0.3, -0.25) is 0 Å². The number of benzene rings is 2. The first-order chi connectivity index (χ1) is 9.83. The molecule has 0 saturated carbocycles. The largest absolute Gasteiger partial charge is 0.456 e. The highest BCUT2D eigenvalue weighted by molar-refractivity contribution is 6.32. The third kappa shape index (κ3) is 3.06. The maximum absolute atomic E-state index is 6.33. The Morgan fingerprint density at radius 1 is 1.00 bits per heavy atom. The summed E-state index contributed by atoms with van der Waals surface area (Å²) in [4.78, 5) is 2.33. The zero-order valence-electron chi connectivity index (χ0n) is 11.2. The molecule has 3 rings (SSSR count). The molecule has 0 spiro atoms. The average molecular weight is 289 g/mol. The number of halogens is 1. The van der Waals surface area contributed by atoms with E-state index in [1.807, 2.05) is 42.5 Å². The second-order valence-corrected chi connectivity index (χ2v) is 5.17. The summed E-state index contributed by atoms with van der Waals surface area (Å²) in [6.07, 6.45) is 0. The molecular weight excluding hydrogens is 272 g/mol. The minimum atomic E-state index is 0.643. The van der Waals surface area contributed by atoms with Crippen LogP contribution in [0.5, 0.6) is 11.5 Å².